The van der Waals surface area contributed by atoms with Crippen LogP contribution < -0.4 is 10.5 Å². The molecule has 2 aromatic rings. The zero-order valence-corrected chi connectivity index (χ0v) is 9.10. The smallest absolute Gasteiger partial charge is 0.132 e. The number of rotatable bonds is 0. The van der Waals surface area contributed by atoms with E-state index in [9.17, 15) is 0 Å². The lowest BCUT2D eigenvalue weighted by molar-refractivity contribution is 0.410. The van der Waals surface area contributed by atoms with E-state index in [0.717, 1.165) is 22.6 Å². The van der Waals surface area contributed by atoms with Crippen molar-refractivity contribution in [2.24, 2.45) is 5.73 Å². The molecule has 1 aliphatic heterocycles. The van der Waals surface area contributed by atoms with E-state index in [1.807, 2.05) is 55.5 Å². The molecule has 2 N–H and O–H groups in total. The molecule has 0 aliphatic carbocycles. The highest BCUT2D eigenvalue weighted by atomic mass is 16.5. The number of para-hydroxylation sites is 2. The standard InChI is InChI=1S/C14H13NO/c1-14(15)10-6-2-4-8-12(10)16-13-9-5-3-7-11(13)14/h2-9H,15H2,1H3. The summed E-state index contributed by atoms with van der Waals surface area (Å²) in [5.74, 6) is 1.71. The summed E-state index contributed by atoms with van der Waals surface area (Å²) in [5.41, 5.74) is 8.01. The molecular formula is C14H13NO. The molecule has 0 amide bonds. The molecule has 0 spiro atoms. The first kappa shape index (κ1) is 9.43. The van der Waals surface area contributed by atoms with E-state index < -0.39 is 5.54 Å². The summed E-state index contributed by atoms with van der Waals surface area (Å²) in [5, 5.41) is 0. The molecule has 0 fully saturated rings. The van der Waals surface area contributed by atoms with Crippen LogP contribution in [0.1, 0.15) is 18.1 Å². The van der Waals surface area contributed by atoms with Gasteiger partial charge in [-0.25, -0.2) is 0 Å². The fraction of sp³-hybridized carbons (Fsp3) is 0.143. The van der Waals surface area contributed by atoms with Gasteiger partial charge >= 0.3 is 0 Å². The maximum atomic E-state index is 6.42. The number of hydrogen-bond donors (Lipinski definition) is 1. The Morgan fingerprint density at radius 3 is 1.81 bits per heavy atom. The largest absolute Gasteiger partial charge is 0.457 e. The molecule has 2 aromatic carbocycles. The monoisotopic (exact) mass is 211 g/mol. The van der Waals surface area contributed by atoms with Gasteiger partial charge in [-0.15, -0.1) is 0 Å². The van der Waals surface area contributed by atoms with E-state index in [4.69, 9.17) is 10.5 Å². The van der Waals surface area contributed by atoms with Gasteiger partial charge in [0.25, 0.3) is 0 Å². The Kier molecular flexibility index (Phi) is 1.82. The van der Waals surface area contributed by atoms with E-state index >= 15 is 0 Å². The van der Waals surface area contributed by atoms with Crippen LogP contribution in [0.25, 0.3) is 0 Å². The fourth-order valence-corrected chi connectivity index (χ4v) is 2.23. The molecule has 0 bridgehead atoms. The summed E-state index contributed by atoms with van der Waals surface area (Å²) < 4.78 is 5.83. The van der Waals surface area contributed by atoms with Crippen molar-refractivity contribution in [2.45, 2.75) is 12.5 Å². The zero-order valence-electron chi connectivity index (χ0n) is 9.10. The molecule has 16 heavy (non-hydrogen) atoms. The van der Waals surface area contributed by atoms with Crippen molar-refractivity contribution in [3.8, 4) is 11.5 Å². The van der Waals surface area contributed by atoms with Crippen LogP contribution in [0.5, 0.6) is 11.5 Å². The molecule has 1 heterocycles. The topological polar surface area (TPSA) is 35.2 Å². The molecule has 1 aliphatic rings. The number of benzene rings is 2. The Morgan fingerprint density at radius 1 is 0.875 bits per heavy atom. The minimum Gasteiger partial charge on any atom is -0.457 e. The highest BCUT2D eigenvalue weighted by Gasteiger charge is 2.33. The SMILES string of the molecule is CC1(N)c2ccccc2Oc2ccccc21. The predicted octanol–water partition coefficient (Wildman–Crippen LogP) is 3.01. The second kappa shape index (κ2) is 3.09. The van der Waals surface area contributed by atoms with Crippen molar-refractivity contribution >= 4 is 0 Å². The number of fused-ring (bicyclic) bond motifs is 2. The van der Waals surface area contributed by atoms with Crippen LogP contribution in [0.4, 0.5) is 0 Å². The lowest BCUT2D eigenvalue weighted by Gasteiger charge is -2.33. The highest BCUT2D eigenvalue weighted by Crippen LogP contribution is 2.44. The third-order valence-electron chi connectivity index (χ3n) is 3.11. The van der Waals surface area contributed by atoms with Crippen LogP contribution in [-0.2, 0) is 5.54 Å². The van der Waals surface area contributed by atoms with Crippen molar-refractivity contribution in [1.29, 1.82) is 0 Å². The van der Waals surface area contributed by atoms with E-state index in [2.05, 4.69) is 0 Å². The second-order valence-corrected chi connectivity index (χ2v) is 4.30. The van der Waals surface area contributed by atoms with E-state index in [1.54, 1.807) is 0 Å². The van der Waals surface area contributed by atoms with Gasteiger partial charge in [-0.1, -0.05) is 36.4 Å². The predicted molar refractivity (Wildman–Crippen MR) is 63.6 cm³/mol. The van der Waals surface area contributed by atoms with E-state index in [0.29, 0.717) is 0 Å². The van der Waals surface area contributed by atoms with Gasteiger partial charge in [-0.05, 0) is 19.1 Å². The van der Waals surface area contributed by atoms with Crippen molar-refractivity contribution in [3.63, 3.8) is 0 Å². The van der Waals surface area contributed by atoms with Crippen molar-refractivity contribution in [3.05, 3.63) is 59.7 Å². The minimum absolute atomic E-state index is 0.481. The van der Waals surface area contributed by atoms with Gasteiger partial charge in [-0.2, -0.15) is 0 Å². The number of ether oxygens (including phenoxy) is 1. The fourth-order valence-electron chi connectivity index (χ4n) is 2.23. The van der Waals surface area contributed by atoms with Crippen LogP contribution in [0.3, 0.4) is 0 Å². The second-order valence-electron chi connectivity index (χ2n) is 4.30. The van der Waals surface area contributed by atoms with Crippen LogP contribution in [0, 0.1) is 0 Å². The van der Waals surface area contributed by atoms with Crippen molar-refractivity contribution in [2.75, 3.05) is 0 Å². The minimum atomic E-state index is -0.481. The molecular weight excluding hydrogens is 198 g/mol. The summed E-state index contributed by atoms with van der Waals surface area (Å²) in [6.45, 7) is 2.02. The maximum absolute atomic E-state index is 6.42. The molecule has 0 aromatic heterocycles. The van der Waals surface area contributed by atoms with Gasteiger partial charge in [0.05, 0.1) is 5.54 Å². The van der Waals surface area contributed by atoms with Gasteiger partial charge in [0.15, 0.2) is 0 Å². The van der Waals surface area contributed by atoms with Gasteiger partial charge in [0, 0.05) is 11.1 Å². The molecule has 0 radical (unpaired) electrons. The molecule has 0 saturated carbocycles. The lowest BCUT2D eigenvalue weighted by Crippen LogP contribution is -2.37. The Balaban J connectivity index is 2.28. The van der Waals surface area contributed by atoms with Crippen LogP contribution in [0.15, 0.2) is 48.5 Å². The van der Waals surface area contributed by atoms with Gasteiger partial charge in [-0.3, -0.25) is 0 Å². The molecule has 2 heteroatoms. The van der Waals surface area contributed by atoms with Crippen molar-refractivity contribution < 1.29 is 4.74 Å². The molecule has 3 rings (SSSR count). The number of hydrogen-bond acceptors (Lipinski definition) is 2. The zero-order chi connectivity index (χ0) is 11.2. The quantitative estimate of drug-likeness (QED) is 0.727. The summed E-state index contributed by atoms with van der Waals surface area (Å²) in [6.07, 6.45) is 0. The summed E-state index contributed by atoms with van der Waals surface area (Å²) >= 11 is 0. The van der Waals surface area contributed by atoms with Crippen LogP contribution >= 0.6 is 0 Å². The highest BCUT2D eigenvalue weighted by molar-refractivity contribution is 5.55. The molecule has 2 nitrogen and oxygen atoms in total. The van der Waals surface area contributed by atoms with Gasteiger partial charge < -0.3 is 10.5 Å². The first-order valence-corrected chi connectivity index (χ1v) is 5.35. The third-order valence-corrected chi connectivity index (χ3v) is 3.11. The molecule has 80 valence electrons. The Hall–Kier alpha value is -1.80. The van der Waals surface area contributed by atoms with Crippen LogP contribution in [0.2, 0.25) is 0 Å². The average molecular weight is 211 g/mol. The molecule has 0 saturated heterocycles. The summed E-state index contributed by atoms with van der Waals surface area (Å²) in [6, 6.07) is 15.8. The summed E-state index contributed by atoms with van der Waals surface area (Å²) in [7, 11) is 0. The van der Waals surface area contributed by atoms with Crippen LogP contribution in [-0.4, -0.2) is 0 Å². The van der Waals surface area contributed by atoms with E-state index in [1.165, 1.54) is 0 Å². The van der Waals surface area contributed by atoms with Gasteiger partial charge in [0.2, 0.25) is 0 Å². The Bertz CT molecular complexity index is 498. The van der Waals surface area contributed by atoms with Crippen molar-refractivity contribution in [1.82, 2.24) is 0 Å². The summed E-state index contributed by atoms with van der Waals surface area (Å²) in [4.78, 5) is 0. The first-order valence-electron chi connectivity index (χ1n) is 5.35. The lowest BCUT2D eigenvalue weighted by atomic mass is 9.83. The van der Waals surface area contributed by atoms with E-state index in [-0.39, 0.29) is 0 Å². The molecule has 0 atom stereocenters. The Labute approximate surface area is 94.7 Å². The normalized spacial score (nSPS) is 15.9. The van der Waals surface area contributed by atoms with Gasteiger partial charge in [0.1, 0.15) is 11.5 Å². The maximum Gasteiger partial charge on any atom is 0.132 e. The Morgan fingerprint density at radius 2 is 1.31 bits per heavy atom. The first-order chi connectivity index (χ1) is 7.69. The number of nitrogens with two attached hydrogens (primary N) is 1. The molecule has 0 unspecified atom stereocenters. The average Bonchev–Trinajstić information content (AvgIpc) is 2.29. The third kappa shape index (κ3) is 1.17.